The molecule has 0 radical (unpaired) electrons. The van der Waals surface area contributed by atoms with Crippen molar-refractivity contribution in [3.05, 3.63) is 36.2 Å². The number of para-hydroxylation sites is 1. The van der Waals surface area contributed by atoms with Crippen molar-refractivity contribution in [1.82, 2.24) is 14.8 Å². The van der Waals surface area contributed by atoms with Crippen LogP contribution >= 0.6 is 0 Å². The molecule has 0 spiro atoms. The first-order chi connectivity index (χ1) is 8.33. The Labute approximate surface area is 99.2 Å². The second-order valence-corrected chi connectivity index (χ2v) is 4.20. The quantitative estimate of drug-likeness (QED) is 0.847. The van der Waals surface area contributed by atoms with Gasteiger partial charge in [-0.1, -0.05) is 18.2 Å². The van der Waals surface area contributed by atoms with Crippen molar-refractivity contribution in [3.8, 4) is 5.75 Å². The molecule has 1 atom stereocenters. The van der Waals surface area contributed by atoms with Gasteiger partial charge >= 0.3 is 0 Å². The van der Waals surface area contributed by atoms with E-state index in [1.54, 1.807) is 11.0 Å². The third kappa shape index (κ3) is 1.95. The standard InChI is InChI=1S/C12H14N4O/c13-12-14-8-16(15-12)7-9-5-6-17-11-4-2-1-3-10(9)11/h1-4,8-9H,5-7H2,(H2,13,15). The Morgan fingerprint density at radius 3 is 3.12 bits per heavy atom. The van der Waals surface area contributed by atoms with Crippen LogP contribution in [0.1, 0.15) is 17.9 Å². The molecule has 17 heavy (non-hydrogen) atoms. The normalized spacial score (nSPS) is 18.5. The van der Waals surface area contributed by atoms with Crippen molar-refractivity contribution in [2.45, 2.75) is 18.9 Å². The first kappa shape index (κ1) is 10.1. The van der Waals surface area contributed by atoms with Gasteiger partial charge < -0.3 is 10.5 Å². The Morgan fingerprint density at radius 2 is 2.29 bits per heavy atom. The van der Waals surface area contributed by atoms with E-state index in [4.69, 9.17) is 10.5 Å². The van der Waals surface area contributed by atoms with Crippen molar-refractivity contribution >= 4 is 5.95 Å². The zero-order valence-corrected chi connectivity index (χ0v) is 9.41. The average molecular weight is 230 g/mol. The summed E-state index contributed by atoms with van der Waals surface area (Å²) >= 11 is 0. The van der Waals surface area contributed by atoms with Crippen molar-refractivity contribution < 1.29 is 4.74 Å². The van der Waals surface area contributed by atoms with Crippen LogP contribution in [0.25, 0.3) is 0 Å². The summed E-state index contributed by atoms with van der Waals surface area (Å²) < 4.78 is 7.42. The maximum absolute atomic E-state index is 5.63. The summed E-state index contributed by atoms with van der Waals surface area (Å²) in [4.78, 5) is 3.94. The van der Waals surface area contributed by atoms with Crippen LogP contribution in [0.5, 0.6) is 5.75 Å². The van der Waals surface area contributed by atoms with Crippen LogP contribution in [-0.4, -0.2) is 21.4 Å². The van der Waals surface area contributed by atoms with E-state index < -0.39 is 0 Å². The van der Waals surface area contributed by atoms with E-state index >= 15 is 0 Å². The minimum atomic E-state index is 0.324. The van der Waals surface area contributed by atoms with E-state index in [1.165, 1.54) is 5.56 Å². The third-order valence-corrected chi connectivity index (χ3v) is 3.04. The Balaban J connectivity index is 1.85. The van der Waals surface area contributed by atoms with Crippen LogP contribution in [0.4, 0.5) is 5.95 Å². The molecule has 0 aliphatic carbocycles. The van der Waals surface area contributed by atoms with Crippen molar-refractivity contribution in [3.63, 3.8) is 0 Å². The lowest BCUT2D eigenvalue weighted by molar-refractivity contribution is 0.256. The van der Waals surface area contributed by atoms with Crippen LogP contribution in [0, 0.1) is 0 Å². The van der Waals surface area contributed by atoms with E-state index in [9.17, 15) is 0 Å². The molecule has 0 fully saturated rings. The number of rotatable bonds is 2. The number of nitrogens with zero attached hydrogens (tertiary/aromatic N) is 3. The number of anilines is 1. The highest BCUT2D eigenvalue weighted by Crippen LogP contribution is 2.34. The third-order valence-electron chi connectivity index (χ3n) is 3.04. The molecule has 0 saturated carbocycles. The van der Waals surface area contributed by atoms with Gasteiger partial charge in [0.25, 0.3) is 0 Å². The van der Waals surface area contributed by atoms with Crippen LogP contribution < -0.4 is 10.5 Å². The highest BCUT2D eigenvalue weighted by atomic mass is 16.5. The lowest BCUT2D eigenvalue weighted by Crippen LogP contribution is -2.18. The molecule has 1 aliphatic rings. The smallest absolute Gasteiger partial charge is 0.239 e. The molecule has 0 bridgehead atoms. The number of hydrogen-bond acceptors (Lipinski definition) is 4. The highest BCUT2D eigenvalue weighted by Gasteiger charge is 2.21. The van der Waals surface area contributed by atoms with Gasteiger partial charge in [-0.25, -0.2) is 4.98 Å². The van der Waals surface area contributed by atoms with Crippen molar-refractivity contribution in [2.24, 2.45) is 0 Å². The molecule has 1 aliphatic heterocycles. The predicted molar refractivity (Wildman–Crippen MR) is 63.7 cm³/mol. The fraction of sp³-hybridized carbons (Fsp3) is 0.333. The molecule has 2 heterocycles. The second kappa shape index (κ2) is 4.08. The first-order valence-electron chi connectivity index (χ1n) is 5.69. The maximum Gasteiger partial charge on any atom is 0.239 e. The Bertz CT molecular complexity index is 523. The largest absolute Gasteiger partial charge is 0.493 e. The zero-order chi connectivity index (χ0) is 11.7. The van der Waals surface area contributed by atoms with E-state index in [1.807, 2.05) is 18.2 Å². The summed E-state index contributed by atoms with van der Waals surface area (Å²) in [5.74, 6) is 1.73. The molecule has 88 valence electrons. The molecule has 3 rings (SSSR count). The van der Waals surface area contributed by atoms with E-state index in [-0.39, 0.29) is 0 Å². The summed E-state index contributed by atoms with van der Waals surface area (Å²) in [5, 5.41) is 4.12. The van der Waals surface area contributed by atoms with Gasteiger partial charge in [-0.15, -0.1) is 5.10 Å². The van der Waals surface area contributed by atoms with Gasteiger partial charge in [0, 0.05) is 12.5 Å². The maximum atomic E-state index is 5.63. The molecule has 1 aromatic carbocycles. The molecular formula is C12H14N4O. The summed E-state index contributed by atoms with van der Waals surface area (Å²) in [7, 11) is 0. The minimum absolute atomic E-state index is 0.324. The van der Waals surface area contributed by atoms with E-state index in [0.717, 1.165) is 25.3 Å². The molecule has 2 aromatic rings. The number of nitrogens with two attached hydrogens (primary N) is 1. The summed E-state index contributed by atoms with van der Waals surface area (Å²) in [5.41, 5.74) is 6.75. The predicted octanol–water partition coefficient (Wildman–Crippen LogP) is 1.43. The Kier molecular flexibility index (Phi) is 2.44. The average Bonchev–Trinajstić information content (AvgIpc) is 2.75. The molecule has 0 amide bonds. The van der Waals surface area contributed by atoms with Crippen LogP contribution in [0.15, 0.2) is 30.6 Å². The van der Waals surface area contributed by atoms with Crippen molar-refractivity contribution in [2.75, 3.05) is 12.3 Å². The molecule has 1 unspecified atom stereocenters. The SMILES string of the molecule is Nc1ncn(CC2CCOc3ccccc32)n1. The van der Waals surface area contributed by atoms with Gasteiger partial charge in [0.2, 0.25) is 5.95 Å². The minimum Gasteiger partial charge on any atom is -0.493 e. The topological polar surface area (TPSA) is 66.0 Å². The lowest BCUT2D eigenvalue weighted by atomic mass is 9.93. The van der Waals surface area contributed by atoms with Crippen molar-refractivity contribution in [1.29, 1.82) is 0 Å². The zero-order valence-electron chi connectivity index (χ0n) is 9.41. The lowest BCUT2D eigenvalue weighted by Gasteiger charge is -2.25. The number of benzene rings is 1. The summed E-state index contributed by atoms with van der Waals surface area (Å²) in [6.07, 6.45) is 2.67. The van der Waals surface area contributed by atoms with E-state index in [0.29, 0.717) is 11.9 Å². The second-order valence-electron chi connectivity index (χ2n) is 4.20. The molecular weight excluding hydrogens is 216 g/mol. The number of aromatic nitrogens is 3. The molecule has 2 N–H and O–H groups in total. The molecule has 1 aromatic heterocycles. The van der Waals surface area contributed by atoms with Crippen LogP contribution in [0.3, 0.4) is 0 Å². The van der Waals surface area contributed by atoms with Crippen LogP contribution in [-0.2, 0) is 6.54 Å². The summed E-state index contributed by atoms with van der Waals surface area (Å²) in [6, 6.07) is 8.15. The van der Waals surface area contributed by atoms with Gasteiger partial charge in [0.1, 0.15) is 12.1 Å². The summed E-state index contributed by atoms with van der Waals surface area (Å²) in [6.45, 7) is 1.55. The highest BCUT2D eigenvalue weighted by molar-refractivity contribution is 5.37. The fourth-order valence-corrected chi connectivity index (χ4v) is 2.23. The number of hydrogen-bond donors (Lipinski definition) is 1. The monoisotopic (exact) mass is 230 g/mol. The number of nitrogen functional groups attached to an aromatic ring is 1. The van der Waals surface area contributed by atoms with Gasteiger partial charge in [0.05, 0.1) is 6.61 Å². The number of fused-ring (bicyclic) bond motifs is 1. The Morgan fingerprint density at radius 1 is 1.41 bits per heavy atom. The first-order valence-corrected chi connectivity index (χ1v) is 5.69. The molecule has 0 saturated heterocycles. The molecule has 5 nitrogen and oxygen atoms in total. The van der Waals surface area contributed by atoms with Crippen LogP contribution in [0.2, 0.25) is 0 Å². The van der Waals surface area contributed by atoms with Gasteiger partial charge in [-0.05, 0) is 18.1 Å². The number of ether oxygens (including phenoxy) is 1. The molecule has 5 heteroatoms. The Hall–Kier alpha value is -2.04. The van der Waals surface area contributed by atoms with Gasteiger partial charge in [-0.3, -0.25) is 4.68 Å². The van der Waals surface area contributed by atoms with Gasteiger partial charge in [-0.2, -0.15) is 0 Å². The van der Waals surface area contributed by atoms with Gasteiger partial charge in [0.15, 0.2) is 0 Å². The van der Waals surface area contributed by atoms with E-state index in [2.05, 4.69) is 16.1 Å². The fourth-order valence-electron chi connectivity index (χ4n) is 2.23.